The number of hydrogen-bond acceptors (Lipinski definition) is 3. The largest absolute Gasteiger partial charge is 0.481 e. The van der Waals surface area contributed by atoms with E-state index >= 15 is 0 Å². The van der Waals surface area contributed by atoms with Crippen LogP contribution in [0.15, 0.2) is 29.2 Å². The average Bonchev–Trinajstić information content (AvgIpc) is 3.17. The summed E-state index contributed by atoms with van der Waals surface area (Å²) < 4.78 is 0. The molecule has 0 bridgehead atoms. The van der Waals surface area contributed by atoms with Gasteiger partial charge in [0.1, 0.15) is 6.42 Å². The maximum atomic E-state index is 11.4. The van der Waals surface area contributed by atoms with Gasteiger partial charge in [0, 0.05) is 16.9 Å². The summed E-state index contributed by atoms with van der Waals surface area (Å²) in [6.07, 6.45) is 3.66. The summed E-state index contributed by atoms with van der Waals surface area (Å²) in [6, 6.07) is 8.20. The molecule has 0 aliphatic heterocycles. The van der Waals surface area contributed by atoms with Crippen molar-refractivity contribution in [2.75, 3.05) is 12.8 Å². The second kappa shape index (κ2) is 5.65. The lowest BCUT2D eigenvalue weighted by Crippen LogP contribution is -2.33. The van der Waals surface area contributed by atoms with Crippen LogP contribution >= 0.6 is 11.8 Å². The van der Waals surface area contributed by atoms with Gasteiger partial charge in [0.2, 0.25) is 5.91 Å². The van der Waals surface area contributed by atoms with Gasteiger partial charge in [0.05, 0.1) is 0 Å². The van der Waals surface area contributed by atoms with Gasteiger partial charge in [-0.05, 0) is 30.7 Å². The van der Waals surface area contributed by atoms with E-state index in [2.05, 4.69) is 17.4 Å². The fraction of sp³-hybridized carbons (Fsp3) is 0.429. The molecule has 1 aliphatic rings. The molecule has 5 heteroatoms. The lowest BCUT2D eigenvalue weighted by Gasteiger charge is -2.19. The zero-order chi connectivity index (χ0) is 13.9. The van der Waals surface area contributed by atoms with Gasteiger partial charge in [-0.1, -0.05) is 18.2 Å². The third-order valence-electron chi connectivity index (χ3n) is 3.47. The standard InChI is InChI=1S/C14H17NO3S/c1-19-11-5-3-2-4-10(11)14(6-7-14)9-15-12(16)8-13(17)18/h2-5H,6-9H2,1H3,(H,15,16)(H,17,18). The number of carbonyl (C=O) groups is 2. The Kier molecular flexibility index (Phi) is 4.14. The van der Waals surface area contributed by atoms with Crippen LogP contribution in [0.4, 0.5) is 0 Å². The van der Waals surface area contributed by atoms with Gasteiger partial charge in [-0.15, -0.1) is 11.8 Å². The van der Waals surface area contributed by atoms with Crippen LogP contribution in [0.25, 0.3) is 0 Å². The molecule has 1 aromatic carbocycles. The van der Waals surface area contributed by atoms with Crippen LogP contribution in [0.3, 0.4) is 0 Å². The highest BCUT2D eigenvalue weighted by Gasteiger charge is 2.45. The maximum Gasteiger partial charge on any atom is 0.312 e. The number of carbonyl (C=O) groups excluding carboxylic acids is 1. The summed E-state index contributed by atoms with van der Waals surface area (Å²) in [5, 5.41) is 11.3. The number of aliphatic carboxylic acids is 1. The smallest absolute Gasteiger partial charge is 0.312 e. The summed E-state index contributed by atoms with van der Waals surface area (Å²) in [5.74, 6) is -1.51. The molecule has 1 aromatic rings. The van der Waals surface area contributed by atoms with E-state index in [1.165, 1.54) is 10.5 Å². The van der Waals surface area contributed by atoms with E-state index in [-0.39, 0.29) is 5.41 Å². The summed E-state index contributed by atoms with van der Waals surface area (Å²) >= 11 is 1.70. The Morgan fingerprint density at radius 3 is 2.63 bits per heavy atom. The maximum absolute atomic E-state index is 11.4. The van der Waals surface area contributed by atoms with Gasteiger partial charge in [-0.25, -0.2) is 0 Å². The first-order chi connectivity index (χ1) is 9.07. The molecule has 1 amide bonds. The predicted molar refractivity (Wildman–Crippen MR) is 74.4 cm³/mol. The second-order valence-electron chi connectivity index (χ2n) is 4.83. The van der Waals surface area contributed by atoms with Crippen molar-refractivity contribution in [3.63, 3.8) is 0 Å². The molecule has 0 heterocycles. The minimum Gasteiger partial charge on any atom is -0.481 e. The zero-order valence-corrected chi connectivity index (χ0v) is 11.6. The fourth-order valence-electron chi connectivity index (χ4n) is 2.24. The van der Waals surface area contributed by atoms with Crippen molar-refractivity contribution in [3.8, 4) is 0 Å². The predicted octanol–water partition coefficient (Wildman–Crippen LogP) is 2.03. The number of amides is 1. The quantitative estimate of drug-likeness (QED) is 0.617. The van der Waals surface area contributed by atoms with Crippen molar-refractivity contribution < 1.29 is 14.7 Å². The van der Waals surface area contributed by atoms with E-state index in [1.54, 1.807) is 11.8 Å². The molecule has 1 saturated carbocycles. The van der Waals surface area contributed by atoms with Gasteiger partial charge in [0.15, 0.2) is 0 Å². The Labute approximate surface area is 116 Å². The topological polar surface area (TPSA) is 66.4 Å². The van der Waals surface area contributed by atoms with Crippen molar-refractivity contribution >= 4 is 23.6 Å². The Hall–Kier alpha value is -1.49. The normalized spacial score (nSPS) is 15.8. The summed E-state index contributed by atoms with van der Waals surface area (Å²) in [5.41, 5.74) is 1.27. The monoisotopic (exact) mass is 279 g/mol. The van der Waals surface area contributed by atoms with E-state index in [9.17, 15) is 9.59 Å². The minimum atomic E-state index is -1.09. The molecule has 0 spiro atoms. The molecule has 1 aliphatic carbocycles. The number of nitrogens with one attached hydrogen (secondary N) is 1. The molecule has 2 rings (SSSR count). The zero-order valence-electron chi connectivity index (χ0n) is 10.8. The molecule has 0 saturated heterocycles. The molecular weight excluding hydrogens is 262 g/mol. The van der Waals surface area contributed by atoms with E-state index in [1.807, 2.05) is 18.4 Å². The molecule has 4 nitrogen and oxygen atoms in total. The van der Waals surface area contributed by atoms with Gasteiger partial charge in [-0.3, -0.25) is 9.59 Å². The lowest BCUT2D eigenvalue weighted by atomic mass is 9.96. The average molecular weight is 279 g/mol. The minimum absolute atomic E-state index is 0.00771. The first-order valence-corrected chi connectivity index (χ1v) is 7.42. The van der Waals surface area contributed by atoms with Crippen molar-refractivity contribution in [2.24, 2.45) is 0 Å². The Balaban J connectivity index is 2.03. The van der Waals surface area contributed by atoms with Gasteiger partial charge in [-0.2, -0.15) is 0 Å². The van der Waals surface area contributed by atoms with Crippen LogP contribution in [-0.2, 0) is 15.0 Å². The molecule has 19 heavy (non-hydrogen) atoms. The highest BCUT2D eigenvalue weighted by atomic mass is 32.2. The van der Waals surface area contributed by atoms with Crippen LogP contribution in [0.2, 0.25) is 0 Å². The highest BCUT2D eigenvalue weighted by molar-refractivity contribution is 7.98. The Bertz CT molecular complexity index is 497. The number of benzene rings is 1. The number of rotatable bonds is 6. The first kappa shape index (κ1) is 13.9. The van der Waals surface area contributed by atoms with Crippen molar-refractivity contribution in [1.82, 2.24) is 5.32 Å². The SMILES string of the molecule is CSc1ccccc1C1(CNC(=O)CC(=O)O)CC1. The summed E-state index contributed by atoms with van der Waals surface area (Å²) in [7, 11) is 0. The van der Waals surface area contributed by atoms with Crippen molar-refractivity contribution in [3.05, 3.63) is 29.8 Å². The fourth-order valence-corrected chi connectivity index (χ4v) is 2.96. The number of carboxylic acid groups (broad SMARTS) is 1. The Morgan fingerprint density at radius 2 is 2.05 bits per heavy atom. The van der Waals surface area contributed by atoms with E-state index < -0.39 is 18.3 Å². The summed E-state index contributed by atoms with van der Waals surface area (Å²) in [6.45, 7) is 0.524. The van der Waals surface area contributed by atoms with E-state index in [0.29, 0.717) is 6.54 Å². The third kappa shape index (κ3) is 3.29. The Morgan fingerprint density at radius 1 is 1.37 bits per heavy atom. The number of hydrogen-bond donors (Lipinski definition) is 2. The van der Waals surface area contributed by atoms with Crippen molar-refractivity contribution in [2.45, 2.75) is 29.6 Å². The molecule has 102 valence electrons. The molecular formula is C14H17NO3S. The molecule has 0 unspecified atom stereocenters. The van der Waals surface area contributed by atoms with Crippen LogP contribution < -0.4 is 5.32 Å². The first-order valence-electron chi connectivity index (χ1n) is 6.19. The highest BCUT2D eigenvalue weighted by Crippen LogP contribution is 2.50. The lowest BCUT2D eigenvalue weighted by molar-refractivity contribution is -0.140. The number of thioether (sulfide) groups is 1. The summed E-state index contributed by atoms with van der Waals surface area (Å²) in [4.78, 5) is 23.1. The molecule has 0 atom stereocenters. The van der Waals surface area contributed by atoms with Gasteiger partial charge < -0.3 is 10.4 Å². The van der Waals surface area contributed by atoms with E-state index in [4.69, 9.17) is 5.11 Å². The van der Waals surface area contributed by atoms with Crippen LogP contribution in [0.1, 0.15) is 24.8 Å². The van der Waals surface area contributed by atoms with Crippen molar-refractivity contribution in [1.29, 1.82) is 0 Å². The molecule has 0 radical (unpaired) electrons. The molecule has 2 N–H and O–H groups in total. The number of carboxylic acids is 1. The van der Waals surface area contributed by atoms with Gasteiger partial charge >= 0.3 is 5.97 Å². The second-order valence-corrected chi connectivity index (χ2v) is 5.68. The van der Waals surface area contributed by atoms with Crippen LogP contribution in [0, 0.1) is 0 Å². The van der Waals surface area contributed by atoms with Gasteiger partial charge in [0.25, 0.3) is 0 Å². The molecule has 1 fully saturated rings. The van der Waals surface area contributed by atoms with Crippen LogP contribution in [0.5, 0.6) is 0 Å². The third-order valence-corrected chi connectivity index (χ3v) is 4.26. The van der Waals surface area contributed by atoms with Crippen LogP contribution in [-0.4, -0.2) is 29.8 Å². The molecule has 0 aromatic heterocycles. The van der Waals surface area contributed by atoms with E-state index in [0.717, 1.165) is 12.8 Å².